The van der Waals surface area contributed by atoms with E-state index in [1.165, 1.54) is 45.0 Å². The van der Waals surface area contributed by atoms with E-state index < -0.39 is 180 Å². The lowest BCUT2D eigenvalue weighted by atomic mass is 10.0. The van der Waals surface area contributed by atoms with Crippen LogP contribution in [-0.4, -0.2) is 199 Å². The minimum absolute atomic E-state index is 0.0434. The molecule has 11 amide bonds. The largest absolute Gasteiger partial charge is 0.508 e. The van der Waals surface area contributed by atoms with Crippen LogP contribution < -0.4 is 70.0 Å². The molecular formula is C62H84N14O17S2. The standard InChI is InChI=1S/C62H84N14O17S2/c1-31(2)50(62(92)93)76-60(90)47-30-95-94-29-46(73-58(88)45(26-49(80)81)69-53(83)33(4)67-61(91)51(34(5)77)75-48(79)28-66-52(82)32(3)64)59(89)71-42(23-35-13-7-6-8-14-35)55(85)72-44(25-37-27-65-40-16-10-9-15-39(37)40)57(87)68-41(17-11-12-22-63)54(84)70-43(56(86)74-47)24-36-18-20-38(78)21-19-36/h6-10,13-16,18-21,27,31-34,41-47,50-51,65,77-78H,11-12,17,22-26,28-30,63-64H2,1-5H3,(H,66,82)(H,67,91)(H,68,87)(H,69,83)(H,70,84)(H,71,89)(H,72,85)(H,73,88)(H,74,86)(H,75,79)(H,76,90)(H,80,81)(H,92,93)/t32-,33-,34+,41-,42+,43-,44-,45-,46-,47-,50-,51-/m0/s1. The second-order valence-electron chi connectivity index (χ2n) is 23.1. The lowest BCUT2D eigenvalue weighted by molar-refractivity contribution is -0.143. The molecule has 33 heteroatoms. The summed E-state index contributed by atoms with van der Waals surface area (Å²) in [5.41, 5.74) is 13.5. The molecule has 516 valence electrons. The average molecular weight is 1360 g/mol. The first-order chi connectivity index (χ1) is 45.0. The van der Waals surface area contributed by atoms with E-state index in [0.29, 0.717) is 34.0 Å². The summed E-state index contributed by atoms with van der Waals surface area (Å²) in [7, 11) is 1.64. The van der Waals surface area contributed by atoms with E-state index in [0.717, 1.165) is 35.4 Å². The Labute approximate surface area is 554 Å². The zero-order valence-electron chi connectivity index (χ0n) is 52.9. The van der Waals surface area contributed by atoms with E-state index in [2.05, 4.69) is 63.5 Å². The first-order valence-corrected chi connectivity index (χ1v) is 33.0. The second kappa shape index (κ2) is 37.5. The van der Waals surface area contributed by atoms with Crippen LogP contribution in [0.2, 0.25) is 0 Å². The molecule has 0 unspecified atom stereocenters. The van der Waals surface area contributed by atoms with Crippen LogP contribution in [0.15, 0.2) is 85.1 Å². The van der Waals surface area contributed by atoms with Crippen molar-refractivity contribution >= 4 is 109 Å². The number of aromatic amines is 1. The number of nitrogens with two attached hydrogens (primary N) is 2. The maximum absolute atomic E-state index is 15.1. The third-order valence-electron chi connectivity index (χ3n) is 15.0. The SMILES string of the molecule is CC(C)[C@H](NC(=O)[C@@H]1CSSC[C@H](NC(=O)[C@H](CC(=O)O)NC(=O)[C@H](C)NC(=O)[C@@H](NC(=O)CNC(=O)[C@H](C)N)[C@@H](C)O)C(=O)N[C@H](Cc2ccccc2)C(=O)N[C@@H](Cc2c[nH]c3ccccc23)C(=O)N[C@@H](CCCCN)C(=O)N[C@@H](Cc2ccc(O)cc2)C(=O)N1)C(=O)O. The molecule has 0 aliphatic carbocycles. The van der Waals surface area contributed by atoms with Gasteiger partial charge in [-0.2, -0.15) is 0 Å². The van der Waals surface area contributed by atoms with Gasteiger partial charge in [0, 0.05) is 47.9 Å². The van der Waals surface area contributed by atoms with Gasteiger partial charge in [-0.15, -0.1) is 0 Å². The summed E-state index contributed by atoms with van der Waals surface area (Å²) in [6, 6.07) is 3.84. The van der Waals surface area contributed by atoms with Crippen LogP contribution in [0.5, 0.6) is 5.75 Å². The number of nitrogens with one attached hydrogen (secondary N) is 12. The number of carbonyl (C=O) groups excluding carboxylic acids is 11. The zero-order chi connectivity index (χ0) is 70.1. The summed E-state index contributed by atoms with van der Waals surface area (Å²) >= 11 is 0. The fourth-order valence-electron chi connectivity index (χ4n) is 9.63. The zero-order valence-corrected chi connectivity index (χ0v) is 54.6. The third-order valence-corrected chi connectivity index (χ3v) is 17.4. The Kier molecular flexibility index (Phi) is 30.2. The van der Waals surface area contributed by atoms with Crippen LogP contribution in [0, 0.1) is 5.92 Å². The summed E-state index contributed by atoms with van der Waals surface area (Å²) in [5.74, 6) is -15.7. The molecule has 0 spiro atoms. The molecular weight excluding hydrogens is 1280 g/mol. The number of carbonyl (C=O) groups is 13. The predicted octanol–water partition coefficient (Wildman–Crippen LogP) is -2.65. The van der Waals surface area contributed by atoms with Gasteiger partial charge < -0.3 is 95.4 Å². The number of unbranched alkanes of at least 4 members (excludes halogenated alkanes) is 1. The Morgan fingerprint density at radius 2 is 1.18 bits per heavy atom. The van der Waals surface area contributed by atoms with Gasteiger partial charge in [-0.1, -0.05) is 96.1 Å². The van der Waals surface area contributed by atoms with Crippen molar-refractivity contribution in [2.45, 2.75) is 152 Å². The number of H-pyrrole nitrogens is 1. The maximum atomic E-state index is 15.1. The van der Waals surface area contributed by atoms with Gasteiger partial charge in [-0.05, 0) is 87.4 Å². The fraction of sp³-hybridized carbons (Fsp3) is 0.468. The Balaban J connectivity index is 1.59. The van der Waals surface area contributed by atoms with Gasteiger partial charge in [0.1, 0.15) is 66.2 Å². The van der Waals surface area contributed by atoms with Crippen LogP contribution in [-0.2, 0) is 81.6 Å². The van der Waals surface area contributed by atoms with Crippen LogP contribution in [0.25, 0.3) is 10.9 Å². The molecule has 4 aromatic rings. The number of carboxylic acid groups (broad SMARTS) is 2. The number of hydrogen-bond acceptors (Lipinski definition) is 19. The monoisotopic (exact) mass is 1360 g/mol. The van der Waals surface area contributed by atoms with E-state index >= 15 is 14.4 Å². The number of para-hydroxylation sites is 1. The van der Waals surface area contributed by atoms with Crippen LogP contribution in [0.4, 0.5) is 0 Å². The van der Waals surface area contributed by atoms with Gasteiger partial charge in [0.2, 0.25) is 65.0 Å². The van der Waals surface area contributed by atoms with Crippen molar-refractivity contribution in [2.24, 2.45) is 17.4 Å². The Bertz CT molecular complexity index is 3360. The number of aromatic hydroxyl groups is 1. The van der Waals surface area contributed by atoms with Crippen molar-refractivity contribution in [3.05, 3.63) is 102 Å². The minimum Gasteiger partial charge on any atom is -0.508 e. The van der Waals surface area contributed by atoms with Crippen molar-refractivity contribution in [1.29, 1.82) is 0 Å². The summed E-state index contributed by atoms with van der Waals surface area (Å²) in [5, 5.41) is 68.8. The van der Waals surface area contributed by atoms with Crippen molar-refractivity contribution in [3.63, 3.8) is 0 Å². The van der Waals surface area contributed by atoms with Crippen LogP contribution >= 0.6 is 21.6 Å². The molecule has 5 rings (SSSR count). The highest BCUT2D eigenvalue weighted by molar-refractivity contribution is 8.76. The Hall–Kier alpha value is -9.31. The Morgan fingerprint density at radius 1 is 0.611 bits per heavy atom. The summed E-state index contributed by atoms with van der Waals surface area (Å²) in [4.78, 5) is 183. The molecule has 0 bridgehead atoms. The van der Waals surface area contributed by atoms with Gasteiger partial charge in [0.15, 0.2) is 0 Å². The first-order valence-electron chi connectivity index (χ1n) is 30.5. The lowest BCUT2D eigenvalue weighted by Crippen LogP contribution is -2.62. The number of phenolic OH excluding ortho intramolecular Hbond substituents is 1. The minimum atomic E-state index is -2.01. The molecule has 1 aliphatic heterocycles. The van der Waals surface area contributed by atoms with E-state index in [1.54, 1.807) is 60.8 Å². The third kappa shape index (κ3) is 24.5. The maximum Gasteiger partial charge on any atom is 0.326 e. The number of amides is 11. The van der Waals surface area contributed by atoms with Crippen molar-refractivity contribution in [3.8, 4) is 5.75 Å². The van der Waals surface area contributed by atoms with Crippen molar-refractivity contribution in [1.82, 2.24) is 63.5 Å². The van der Waals surface area contributed by atoms with E-state index in [9.17, 15) is 68.4 Å². The number of hydrogen-bond donors (Lipinski definition) is 18. The molecule has 2 heterocycles. The molecule has 3 aromatic carbocycles. The normalized spacial score (nSPS) is 20.4. The number of rotatable bonds is 27. The average Bonchev–Trinajstić information content (AvgIpc) is 1.76. The quantitative estimate of drug-likeness (QED) is 0.0214. The van der Waals surface area contributed by atoms with Crippen LogP contribution in [0.3, 0.4) is 0 Å². The number of benzene rings is 3. The molecule has 0 radical (unpaired) electrons. The van der Waals surface area contributed by atoms with Gasteiger partial charge >= 0.3 is 11.9 Å². The molecule has 95 heavy (non-hydrogen) atoms. The van der Waals surface area contributed by atoms with Gasteiger partial charge in [0.25, 0.3) is 0 Å². The number of fused-ring (bicyclic) bond motifs is 1. The van der Waals surface area contributed by atoms with Crippen molar-refractivity contribution < 1.29 is 82.8 Å². The predicted molar refractivity (Wildman–Crippen MR) is 350 cm³/mol. The van der Waals surface area contributed by atoms with E-state index in [1.807, 2.05) is 0 Å². The summed E-state index contributed by atoms with van der Waals surface area (Å²) < 4.78 is 0. The molecule has 31 nitrogen and oxygen atoms in total. The fourth-order valence-corrected chi connectivity index (χ4v) is 12.0. The number of aliphatic hydroxyl groups is 1. The van der Waals surface area contributed by atoms with E-state index in [-0.39, 0.29) is 44.4 Å². The molecule has 1 saturated heterocycles. The highest BCUT2D eigenvalue weighted by Gasteiger charge is 2.38. The number of carboxylic acids is 2. The highest BCUT2D eigenvalue weighted by Crippen LogP contribution is 2.25. The number of phenols is 1. The molecule has 1 aliphatic rings. The number of aromatic nitrogens is 1. The number of aliphatic hydroxyl groups excluding tert-OH is 1. The molecule has 1 aromatic heterocycles. The lowest BCUT2D eigenvalue weighted by Gasteiger charge is -2.29. The van der Waals surface area contributed by atoms with Gasteiger partial charge in [0.05, 0.1) is 25.1 Å². The smallest absolute Gasteiger partial charge is 0.326 e. The molecule has 0 saturated carbocycles. The van der Waals surface area contributed by atoms with E-state index in [4.69, 9.17) is 11.5 Å². The van der Waals surface area contributed by atoms with Crippen molar-refractivity contribution in [2.75, 3.05) is 24.6 Å². The summed E-state index contributed by atoms with van der Waals surface area (Å²) in [6.07, 6.45) is -1.17. The topological polar surface area (TPSA) is 503 Å². The molecule has 1 fully saturated rings. The van der Waals surface area contributed by atoms with Gasteiger partial charge in [-0.3, -0.25) is 57.5 Å². The van der Waals surface area contributed by atoms with Gasteiger partial charge in [-0.25, -0.2) is 4.79 Å². The summed E-state index contributed by atoms with van der Waals surface area (Å²) in [6.45, 7) is 6.24. The highest BCUT2D eigenvalue weighted by atomic mass is 33.1. The van der Waals surface area contributed by atoms with Crippen LogP contribution in [0.1, 0.15) is 77.0 Å². The molecule has 12 atom stereocenters. The number of aliphatic carboxylic acids is 2. The Morgan fingerprint density at radius 3 is 1.78 bits per heavy atom. The first kappa shape index (κ1) is 76.4. The molecule has 20 N–H and O–H groups in total. The second-order valence-corrected chi connectivity index (χ2v) is 25.6.